The van der Waals surface area contributed by atoms with Crippen LogP contribution in [0.15, 0.2) is 24.3 Å². The molecule has 1 aromatic heterocycles. The number of benzene rings is 1. The highest BCUT2D eigenvalue weighted by atomic mass is 16.1. The number of amides is 1. The molecule has 1 amide bonds. The molecule has 0 saturated heterocycles. The van der Waals surface area contributed by atoms with E-state index in [0.29, 0.717) is 6.42 Å². The number of likely N-dealkylation sites (N-methyl/N-ethyl adjacent to an activating group) is 1. The molecule has 1 aromatic carbocycles. The molecule has 0 atom stereocenters. The van der Waals surface area contributed by atoms with Crippen LogP contribution in [0, 0.1) is 17.8 Å². The number of para-hydroxylation sites is 1. The van der Waals surface area contributed by atoms with Crippen molar-refractivity contribution < 1.29 is 4.79 Å². The van der Waals surface area contributed by atoms with E-state index in [1.807, 2.05) is 0 Å². The number of carbonyl (C=O) groups excluding carboxylic acids is 1. The molecule has 5 aliphatic rings. The zero-order valence-electron chi connectivity index (χ0n) is 17.6. The van der Waals surface area contributed by atoms with Crippen LogP contribution in [0.2, 0.25) is 0 Å². The molecule has 0 radical (unpaired) electrons. The normalized spacial score (nSPS) is 33.2. The van der Waals surface area contributed by atoms with E-state index in [9.17, 15) is 4.79 Å². The lowest BCUT2D eigenvalue weighted by Crippen LogP contribution is -2.59. The molecule has 4 aliphatic carbocycles. The minimum absolute atomic E-state index is 0.132. The van der Waals surface area contributed by atoms with Crippen LogP contribution in [-0.2, 0) is 24.3 Å². The van der Waals surface area contributed by atoms with E-state index in [4.69, 9.17) is 0 Å². The second-order valence-electron chi connectivity index (χ2n) is 10.6. The van der Waals surface area contributed by atoms with Crippen molar-refractivity contribution in [1.82, 2.24) is 14.8 Å². The van der Waals surface area contributed by atoms with Gasteiger partial charge in [-0.2, -0.15) is 0 Å². The number of nitrogens with zero attached hydrogens (tertiary/aromatic N) is 2. The van der Waals surface area contributed by atoms with Gasteiger partial charge in [0.2, 0.25) is 5.91 Å². The van der Waals surface area contributed by atoms with Gasteiger partial charge in [-0.25, -0.2) is 0 Å². The summed E-state index contributed by atoms with van der Waals surface area (Å²) in [6.07, 6.45) is 9.65. The Hall–Kier alpha value is -1.81. The Morgan fingerprint density at radius 3 is 2.52 bits per heavy atom. The van der Waals surface area contributed by atoms with Crippen molar-refractivity contribution in [1.29, 1.82) is 0 Å². The third-order valence-electron chi connectivity index (χ3n) is 8.36. The third-order valence-corrected chi connectivity index (χ3v) is 8.36. The number of aryl methyl sites for hydroxylation is 1. The van der Waals surface area contributed by atoms with Gasteiger partial charge in [-0.15, -0.1) is 0 Å². The Balaban J connectivity index is 1.20. The van der Waals surface area contributed by atoms with Crippen LogP contribution < -0.4 is 5.32 Å². The van der Waals surface area contributed by atoms with Crippen LogP contribution in [-0.4, -0.2) is 34.5 Å². The molecule has 2 heterocycles. The van der Waals surface area contributed by atoms with Crippen LogP contribution in [0.4, 0.5) is 0 Å². The van der Waals surface area contributed by atoms with Crippen molar-refractivity contribution in [2.75, 3.05) is 13.6 Å². The zero-order valence-corrected chi connectivity index (χ0v) is 17.6. The largest absolute Gasteiger partial charge is 0.351 e. The molecule has 1 aliphatic heterocycles. The van der Waals surface area contributed by atoms with Gasteiger partial charge in [0.05, 0.1) is 0 Å². The molecule has 29 heavy (non-hydrogen) atoms. The van der Waals surface area contributed by atoms with E-state index in [1.165, 1.54) is 60.7 Å². The summed E-state index contributed by atoms with van der Waals surface area (Å²) in [5.74, 6) is 2.89. The maximum absolute atomic E-state index is 13.0. The molecule has 0 spiro atoms. The topological polar surface area (TPSA) is 37.3 Å². The Bertz CT molecular complexity index is 923. The number of hydrogen-bond acceptors (Lipinski definition) is 2. The maximum Gasteiger partial charge on any atom is 0.222 e. The van der Waals surface area contributed by atoms with Crippen molar-refractivity contribution in [3.63, 3.8) is 0 Å². The van der Waals surface area contributed by atoms with Crippen molar-refractivity contribution in [3.05, 3.63) is 35.5 Å². The highest BCUT2D eigenvalue weighted by Crippen LogP contribution is 2.55. The second-order valence-corrected chi connectivity index (χ2v) is 10.6. The molecule has 1 N–H and O–H groups in total. The standard InChI is InChI=1S/C25H33N3O/c1-27-8-6-23-21(16-27)20-4-2-3-5-22(20)28(23)9-7-24(29)26-25-13-17-10-18(14-25)12-19(11-17)15-25/h2-5,17-19H,6-16H2,1H3,(H,26,29). The smallest absolute Gasteiger partial charge is 0.222 e. The third kappa shape index (κ3) is 3.02. The minimum Gasteiger partial charge on any atom is -0.351 e. The van der Waals surface area contributed by atoms with E-state index in [0.717, 1.165) is 43.8 Å². The zero-order chi connectivity index (χ0) is 19.6. The predicted octanol–water partition coefficient (Wildman–Crippen LogP) is 4.10. The molecular weight excluding hydrogens is 358 g/mol. The molecule has 4 heteroatoms. The summed E-state index contributed by atoms with van der Waals surface area (Å²) in [7, 11) is 2.20. The summed E-state index contributed by atoms with van der Waals surface area (Å²) in [4.78, 5) is 15.4. The number of hydrogen-bond donors (Lipinski definition) is 1. The van der Waals surface area contributed by atoms with Gasteiger partial charge in [0.25, 0.3) is 0 Å². The van der Waals surface area contributed by atoms with E-state index in [2.05, 4.69) is 46.1 Å². The molecular formula is C25H33N3O. The average Bonchev–Trinajstić information content (AvgIpc) is 2.98. The molecule has 2 aromatic rings. The maximum atomic E-state index is 13.0. The lowest BCUT2D eigenvalue weighted by Gasteiger charge is -2.56. The fourth-order valence-corrected chi connectivity index (χ4v) is 7.63. The number of rotatable bonds is 4. The van der Waals surface area contributed by atoms with Crippen LogP contribution in [0.1, 0.15) is 56.2 Å². The molecule has 154 valence electrons. The van der Waals surface area contributed by atoms with Crippen LogP contribution >= 0.6 is 0 Å². The summed E-state index contributed by atoms with van der Waals surface area (Å²) in [5, 5.41) is 4.93. The molecule has 4 saturated carbocycles. The Morgan fingerprint density at radius 1 is 1.10 bits per heavy atom. The lowest BCUT2D eigenvalue weighted by molar-refractivity contribution is -0.127. The molecule has 7 rings (SSSR count). The van der Waals surface area contributed by atoms with Crippen LogP contribution in [0.3, 0.4) is 0 Å². The van der Waals surface area contributed by atoms with Gasteiger partial charge < -0.3 is 14.8 Å². The summed E-state index contributed by atoms with van der Waals surface area (Å²) in [5.41, 5.74) is 4.35. The van der Waals surface area contributed by atoms with Gasteiger partial charge in [-0.1, -0.05) is 18.2 Å². The average molecular weight is 392 g/mol. The van der Waals surface area contributed by atoms with Crippen molar-refractivity contribution in [2.24, 2.45) is 17.8 Å². The van der Waals surface area contributed by atoms with Gasteiger partial charge in [-0.3, -0.25) is 4.79 Å². The second kappa shape index (κ2) is 6.60. The monoisotopic (exact) mass is 391 g/mol. The predicted molar refractivity (Wildman–Crippen MR) is 116 cm³/mol. The first kappa shape index (κ1) is 18.0. The quantitative estimate of drug-likeness (QED) is 0.852. The first-order valence-corrected chi connectivity index (χ1v) is 11.7. The first-order valence-electron chi connectivity index (χ1n) is 11.7. The summed E-state index contributed by atoms with van der Waals surface area (Å²) >= 11 is 0. The van der Waals surface area contributed by atoms with E-state index < -0.39 is 0 Å². The molecule has 4 bridgehead atoms. The fourth-order valence-electron chi connectivity index (χ4n) is 7.63. The van der Waals surface area contributed by atoms with Gasteiger partial charge in [0.1, 0.15) is 0 Å². The summed E-state index contributed by atoms with van der Waals surface area (Å²) in [6.45, 7) is 2.92. The Morgan fingerprint density at radius 2 is 1.79 bits per heavy atom. The van der Waals surface area contributed by atoms with Crippen molar-refractivity contribution >= 4 is 16.8 Å². The Labute approximate surface area is 173 Å². The minimum atomic E-state index is 0.132. The highest BCUT2D eigenvalue weighted by Gasteiger charge is 2.51. The van der Waals surface area contributed by atoms with Crippen molar-refractivity contribution in [2.45, 2.75) is 70.0 Å². The van der Waals surface area contributed by atoms with E-state index in [1.54, 1.807) is 0 Å². The van der Waals surface area contributed by atoms with Gasteiger partial charge in [0.15, 0.2) is 0 Å². The number of carbonyl (C=O) groups is 1. The van der Waals surface area contributed by atoms with Gasteiger partial charge in [0, 0.05) is 54.6 Å². The van der Waals surface area contributed by atoms with E-state index >= 15 is 0 Å². The number of fused-ring (bicyclic) bond motifs is 3. The SMILES string of the molecule is CN1CCc2c(c3ccccc3n2CCC(=O)NC23CC4CC(CC(C4)C2)C3)C1. The summed E-state index contributed by atoms with van der Waals surface area (Å²) in [6, 6.07) is 8.74. The lowest BCUT2D eigenvalue weighted by atomic mass is 9.53. The van der Waals surface area contributed by atoms with E-state index in [-0.39, 0.29) is 11.4 Å². The molecule has 0 unspecified atom stereocenters. The van der Waals surface area contributed by atoms with Crippen LogP contribution in [0.5, 0.6) is 0 Å². The van der Waals surface area contributed by atoms with Gasteiger partial charge >= 0.3 is 0 Å². The highest BCUT2D eigenvalue weighted by molar-refractivity contribution is 5.86. The van der Waals surface area contributed by atoms with Crippen LogP contribution in [0.25, 0.3) is 10.9 Å². The number of aromatic nitrogens is 1. The molecule has 4 nitrogen and oxygen atoms in total. The molecule has 4 fully saturated rings. The number of nitrogens with one attached hydrogen (secondary N) is 1. The fraction of sp³-hybridized carbons (Fsp3) is 0.640. The van der Waals surface area contributed by atoms with Crippen molar-refractivity contribution in [3.8, 4) is 0 Å². The Kier molecular flexibility index (Phi) is 4.09. The van der Waals surface area contributed by atoms with Gasteiger partial charge in [-0.05, 0) is 75.0 Å². The first-order chi connectivity index (χ1) is 14.1. The summed E-state index contributed by atoms with van der Waals surface area (Å²) < 4.78 is 2.44.